The Morgan fingerprint density at radius 2 is 1.00 bits per heavy atom. The minimum atomic E-state index is -4.67. The SMILES string of the molecule is CCCCCCCCCCCCCCCC(=O)N[C@@H](COP(=O)(O)O)[C@H](O)CCCCCCCCCCCC. The molecule has 0 bridgehead atoms. The molecule has 0 aromatic carbocycles. The standard InChI is InChI=1S/C31H64NO6P/c1-3-5-7-9-11-13-15-16-17-19-21-23-25-27-31(34)32-29(28-38-39(35,36)37)30(33)26-24-22-20-18-14-12-10-8-6-4-2/h29-30,33H,3-28H2,1-2H3,(H,32,34)(H2,35,36,37)/t29-,30+/m0/s1. The first kappa shape index (κ1) is 38.5. The summed E-state index contributed by atoms with van der Waals surface area (Å²) in [5.74, 6) is -0.195. The van der Waals surface area contributed by atoms with E-state index in [1.54, 1.807) is 0 Å². The summed E-state index contributed by atoms with van der Waals surface area (Å²) in [6.45, 7) is 4.08. The van der Waals surface area contributed by atoms with Crippen LogP contribution in [0.3, 0.4) is 0 Å². The Bertz CT molecular complexity index is 585. The molecule has 0 fully saturated rings. The van der Waals surface area contributed by atoms with Gasteiger partial charge in [0.25, 0.3) is 0 Å². The normalized spacial score (nSPS) is 13.5. The number of carbonyl (C=O) groups is 1. The van der Waals surface area contributed by atoms with Crippen molar-refractivity contribution in [2.24, 2.45) is 0 Å². The smallest absolute Gasteiger partial charge is 0.391 e. The zero-order valence-electron chi connectivity index (χ0n) is 25.6. The second-order valence-electron chi connectivity index (χ2n) is 11.5. The third kappa shape index (κ3) is 28.9. The zero-order valence-corrected chi connectivity index (χ0v) is 26.4. The molecule has 0 saturated heterocycles. The van der Waals surface area contributed by atoms with Crippen LogP contribution in [0.2, 0.25) is 0 Å². The minimum absolute atomic E-state index is 0.195. The molecule has 39 heavy (non-hydrogen) atoms. The number of aliphatic hydroxyl groups is 1. The number of carbonyl (C=O) groups excluding carboxylic acids is 1. The van der Waals surface area contributed by atoms with E-state index >= 15 is 0 Å². The minimum Gasteiger partial charge on any atom is -0.391 e. The van der Waals surface area contributed by atoms with E-state index in [2.05, 4.69) is 23.7 Å². The highest BCUT2D eigenvalue weighted by Crippen LogP contribution is 2.36. The predicted molar refractivity (Wildman–Crippen MR) is 163 cm³/mol. The number of aliphatic hydroxyl groups excluding tert-OH is 1. The topological polar surface area (TPSA) is 116 Å². The summed E-state index contributed by atoms with van der Waals surface area (Å²) in [4.78, 5) is 30.6. The van der Waals surface area contributed by atoms with Gasteiger partial charge in [-0.1, -0.05) is 155 Å². The molecule has 0 spiro atoms. The molecule has 0 unspecified atom stereocenters. The second-order valence-corrected chi connectivity index (χ2v) is 12.7. The molecule has 7 nitrogen and oxygen atoms in total. The van der Waals surface area contributed by atoms with E-state index in [9.17, 15) is 14.5 Å². The number of phosphoric ester groups is 1. The highest BCUT2D eigenvalue weighted by Gasteiger charge is 2.25. The number of hydrogen-bond donors (Lipinski definition) is 4. The van der Waals surface area contributed by atoms with Gasteiger partial charge in [0.2, 0.25) is 5.91 Å². The Hall–Kier alpha value is -0.460. The largest absolute Gasteiger partial charge is 0.469 e. The van der Waals surface area contributed by atoms with Crippen molar-refractivity contribution in [2.45, 2.75) is 187 Å². The van der Waals surface area contributed by atoms with Crippen LogP contribution in [-0.4, -0.2) is 39.6 Å². The third-order valence-corrected chi connectivity index (χ3v) is 8.08. The molecule has 0 radical (unpaired) electrons. The summed E-state index contributed by atoms with van der Waals surface area (Å²) in [6, 6.07) is -0.814. The van der Waals surface area contributed by atoms with E-state index in [1.807, 2.05) is 0 Å². The number of amides is 1. The van der Waals surface area contributed by atoms with Gasteiger partial charge in [-0.05, 0) is 12.8 Å². The maximum atomic E-state index is 12.5. The fraction of sp³-hybridized carbons (Fsp3) is 0.968. The molecule has 234 valence electrons. The molecule has 0 aliphatic carbocycles. The Morgan fingerprint density at radius 1 is 0.641 bits per heavy atom. The van der Waals surface area contributed by atoms with Crippen molar-refractivity contribution in [2.75, 3.05) is 6.61 Å². The molecule has 8 heteroatoms. The Morgan fingerprint density at radius 3 is 1.38 bits per heavy atom. The number of hydrogen-bond acceptors (Lipinski definition) is 4. The highest BCUT2D eigenvalue weighted by molar-refractivity contribution is 7.46. The molecule has 4 N–H and O–H groups in total. The average Bonchev–Trinajstić information content (AvgIpc) is 2.89. The fourth-order valence-electron chi connectivity index (χ4n) is 5.05. The monoisotopic (exact) mass is 577 g/mol. The van der Waals surface area contributed by atoms with Gasteiger partial charge in [-0.25, -0.2) is 4.57 Å². The first-order chi connectivity index (χ1) is 18.8. The molecular weight excluding hydrogens is 513 g/mol. The van der Waals surface area contributed by atoms with Crippen LogP contribution in [0.1, 0.15) is 174 Å². The van der Waals surface area contributed by atoms with E-state index in [0.29, 0.717) is 12.8 Å². The molecular formula is C31H64NO6P. The predicted octanol–water partition coefficient (Wildman–Crippen LogP) is 8.73. The Kier molecular flexibility index (Phi) is 27.4. The van der Waals surface area contributed by atoms with Crippen molar-refractivity contribution in [3.05, 3.63) is 0 Å². The number of nitrogens with one attached hydrogen (secondary N) is 1. The first-order valence-electron chi connectivity index (χ1n) is 16.5. The van der Waals surface area contributed by atoms with Gasteiger partial charge in [-0.3, -0.25) is 9.32 Å². The lowest BCUT2D eigenvalue weighted by Gasteiger charge is -2.24. The van der Waals surface area contributed by atoms with Crippen molar-refractivity contribution >= 4 is 13.7 Å². The highest BCUT2D eigenvalue weighted by atomic mass is 31.2. The molecule has 0 rings (SSSR count). The van der Waals surface area contributed by atoms with Crippen LogP contribution in [0.15, 0.2) is 0 Å². The Labute approximate surface area is 240 Å². The second kappa shape index (κ2) is 27.7. The van der Waals surface area contributed by atoms with Crippen molar-refractivity contribution in [3.63, 3.8) is 0 Å². The summed E-state index contributed by atoms with van der Waals surface area (Å²) in [5.41, 5.74) is 0. The lowest BCUT2D eigenvalue weighted by molar-refractivity contribution is -0.123. The quantitative estimate of drug-likeness (QED) is 0.0501. The van der Waals surface area contributed by atoms with Crippen molar-refractivity contribution in [1.82, 2.24) is 5.32 Å². The van der Waals surface area contributed by atoms with Gasteiger partial charge >= 0.3 is 7.82 Å². The summed E-state index contributed by atoms with van der Waals surface area (Å²) >= 11 is 0. The van der Waals surface area contributed by atoms with Crippen molar-refractivity contribution in [1.29, 1.82) is 0 Å². The van der Waals surface area contributed by atoms with Gasteiger partial charge in [0.1, 0.15) is 0 Å². The van der Waals surface area contributed by atoms with Crippen LogP contribution in [0, 0.1) is 0 Å². The summed E-state index contributed by atoms with van der Waals surface area (Å²) in [7, 11) is -4.67. The van der Waals surface area contributed by atoms with Gasteiger partial charge in [0.15, 0.2) is 0 Å². The molecule has 0 saturated carbocycles. The zero-order chi connectivity index (χ0) is 29.0. The van der Waals surface area contributed by atoms with E-state index in [0.717, 1.165) is 38.5 Å². The molecule has 2 atom stereocenters. The van der Waals surface area contributed by atoms with Gasteiger partial charge in [0.05, 0.1) is 18.8 Å². The van der Waals surface area contributed by atoms with Gasteiger partial charge in [-0.15, -0.1) is 0 Å². The van der Waals surface area contributed by atoms with Gasteiger partial charge < -0.3 is 20.2 Å². The first-order valence-corrected chi connectivity index (χ1v) is 18.0. The van der Waals surface area contributed by atoms with Gasteiger partial charge in [-0.2, -0.15) is 0 Å². The van der Waals surface area contributed by atoms with E-state index < -0.39 is 26.6 Å². The van der Waals surface area contributed by atoms with Crippen molar-refractivity contribution in [3.8, 4) is 0 Å². The number of unbranched alkanes of at least 4 members (excludes halogenated alkanes) is 21. The van der Waals surface area contributed by atoms with Crippen LogP contribution >= 0.6 is 7.82 Å². The lowest BCUT2D eigenvalue weighted by Crippen LogP contribution is -2.46. The third-order valence-electron chi connectivity index (χ3n) is 7.59. The van der Waals surface area contributed by atoms with E-state index in [1.165, 1.54) is 109 Å². The maximum absolute atomic E-state index is 12.5. The van der Waals surface area contributed by atoms with Crippen LogP contribution in [0.4, 0.5) is 0 Å². The van der Waals surface area contributed by atoms with Crippen LogP contribution in [0.5, 0.6) is 0 Å². The van der Waals surface area contributed by atoms with Crippen molar-refractivity contribution < 1.29 is 28.8 Å². The molecule has 1 amide bonds. The summed E-state index contributed by atoms with van der Waals surface area (Å²) in [5, 5.41) is 13.4. The van der Waals surface area contributed by atoms with Crippen LogP contribution < -0.4 is 5.32 Å². The molecule has 0 aliphatic rings. The average molecular weight is 578 g/mol. The van der Waals surface area contributed by atoms with Crippen LogP contribution in [-0.2, 0) is 13.9 Å². The van der Waals surface area contributed by atoms with Crippen LogP contribution in [0.25, 0.3) is 0 Å². The fourth-order valence-corrected chi connectivity index (χ4v) is 5.41. The summed E-state index contributed by atoms with van der Waals surface area (Å²) in [6.07, 6.45) is 28.0. The lowest BCUT2D eigenvalue weighted by atomic mass is 10.0. The number of rotatable bonds is 30. The molecule has 0 aliphatic heterocycles. The van der Waals surface area contributed by atoms with E-state index in [-0.39, 0.29) is 5.91 Å². The summed E-state index contributed by atoms with van der Waals surface area (Å²) < 4.78 is 15.8. The maximum Gasteiger partial charge on any atom is 0.469 e. The molecule has 0 aromatic heterocycles. The molecule has 0 heterocycles. The Balaban J connectivity index is 4.02. The number of phosphoric acid groups is 1. The molecule has 0 aromatic rings. The van der Waals surface area contributed by atoms with Gasteiger partial charge in [0, 0.05) is 6.42 Å². The van der Waals surface area contributed by atoms with E-state index in [4.69, 9.17) is 9.79 Å².